The average Bonchev–Trinajstić information content (AvgIpc) is 2.67. The highest BCUT2D eigenvalue weighted by Crippen LogP contribution is 2.14. The highest BCUT2D eigenvalue weighted by atomic mass is 16.5. The summed E-state index contributed by atoms with van der Waals surface area (Å²) >= 11 is 0. The molecule has 0 aliphatic rings. The molecule has 6 nitrogen and oxygen atoms in total. The van der Waals surface area contributed by atoms with Crippen molar-refractivity contribution in [1.29, 1.82) is 0 Å². The lowest BCUT2D eigenvalue weighted by atomic mass is 10.1. The Labute approximate surface area is 162 Å². The van der Waals surface area contributed by atoms with E-state index in [1.807, 2.05) is 43.3 Å². The summed E-state index contributed by atoms with van der Waals surface area (Å²) in [4.78, 5) is 28.0. The number of likely N-dealkylation sites (N-methyl/N-ethyl adjacent to an activating group) is 1. The van der Waals surface area contributed by atoms with Crippen LogP contribution in [-0.2, 0) is 14.3 Å². The molecule has 27 heavy (non-hydrogen) atoms. The maximum atomic E-state index is 12.6. The second-order valence-corrected chi connectivity index (χ2v) is 6.76. The molecular weight excluding hydrogens is 344 g/mol. The van der Waals surface area contributed by atoms with Gasteiger partial charge in [0.1, 0.15) is 5.75 Å². The second kappa shape index (κ2) is 12.1. The molecule has 0 aromatic heterocycles. The standard InChI is InChI=1S/C21H32N2O4/c1-6-15-27-19-10-7-18(8-11-19)9-12-20(24)23(14-13-22(3)4)16-17(2)21(25)26-5/h7-12,17H,6,13-16H2,1-5H3/b12-9+. The predicted octanol–water partition coefficient (Wildman–Crippen LogP) is 2.69. The number of amides is 1. The highest BCUT2D eigenvalue weighted by molar-refractivity contribution is 5.92. The molecule has 0 saturated heterocycles. The van der Waals surface area contributed by atoms with E-state index in [9.17, 15) is 9.59 Å². The molecule has 6 heteroatoms. The van der Waals surface area contributed by atoms with Crippen LogP contribution >= 0.6 is 0 Å². The van der Waals surface area contributed by atoms with Crippen LogP contribution < -0.4 is 4.74 Å². The zero-order valence-corrected chi connectivity index (χ0v) is 17.1. The topological polar surface area (TPSA) is 59.1 Å². The Kier molecular flexibility index (Phi) is 10.2. The van der Waals surface area contributed by atoms with E-state index in [0.29, 0.717) is 19.7 Å². The van der Waals surface area contributed by atoms with Gasteiger partial charge >= 0.3 is 5.97 Å². The minimum Gasteiger partial charge on any atom is -0.494 e. The summed E-state index contributed by atoms with van der Waals surface area (Å²) in [6.45, 7) is 6.10. The largest absolute Gasteiger partial charge is 0.494 e. The van der Waals surface area contributed by atoms with Gasteiger partial charge in [0.2, 0.25) is 5.91 Å². The Bertz CT molecular complexity index is 611. The number of methoxy groups -OCH3 is 1. The van der Waals surface area contributed by atoms with Crippen LogP contribution in [0.5, 0.6) is 5.75 Å². The number of nitrogens with zero attached hydrogens (tertiary/aromatic N) is 2. The van der Waals surface area contributed by atoms with E-state index >= 15 is 0 Å². The van der Waals surface area contributed by atoms with Gasteiger partial charge in [0.25, 0.3) is 0 Å². The Morgan fingerprint density at radius 1 is 1.15 bits per heavy atom. The normalized spacial score (nSPS) is 12.2. The van der Waals surface area contributed by atoms with Crippen molar-refractivity contribution >= 4 is 18.0 Å². The molecule has 0 fully saturated rings. The summed E-state index contributed by atoms with van der Waals surface area (Å²) in [5, 5.41) is 0. The average molecular weight is 376 g/mol. The summed E-state index contributed by atoms with van der Waals surface area (Å²) in [5.74, 6) is 0.00700. The van der Waals surface area contributed by atoms with Crippen molar-refractivity contribution in [2.24, 2.45) is 5.92 Å². The summed E-state index contributed by atoms with van der Waals surface area (Å²) in [6, 6.07) is 7.61. The maximum absolute atomic E-state index is 12.6. The first-order valence-electron chi connectivity index (χ1n) is 9.29. The molecule has 0 spiro atoms. The van der Waals surface area contributed by atoms with Crippen LogP contribution in [-0.4, -0.2) is 69.1 Å². The molecule has 150 valence electrons. The van der Waals surface area contributed by atoms with E-state index in [-0.39, 0.29) is 17.8 Å². The van der Waals surface area contributed by atoms with E-state index in [0.717, 1.165) is 24.3 Å². The minimum atomic E-state index is -0.371. The van der Waals surface area contributed by atoms with Gasteiger partial charge in [0.05, 0.1) is 19.6 Å². The Morgan fingerprint density at radius 3 is 2.37 bits per heavy atom. The van der Waals surface area contributed by atoms with Gasteiger partial charge in [0, 0.05) is 25.7 Å². The minimum absolute atomic E-state index is 0.126. The molecule has 0 aliphatic heterocycles. The fourth-order valence-corrected chi connectivity index (χ4v) is 2.39. The van der Waals surface area contributed by atoms with Crippen molar-refractivity contribution in [1.82, 2.24) is 9.80 Å². The zero-order valence-electron chi connectivity index (χ0n) is 17.1. The predicted molar refractivity (Wildman–Crippen MR) is 108 cm³/mol. The van der Waals surface area contributed by atoms with E-state index in [1.165, 1.54) is 7.11 Å². The zero-order chi connectivity index (χ0) is 20.2. The van der Waals surface area contributed by atoms with Crippen LogP contribution in [0.4, 0.5) is 0 Å². The van der Waals surface area contributed by atoms with Crippen molar-refractivity contribution < 1.29 is 19.1 Å². The quantitative estimate of drug-likeness (QED) is 0.439. The van der Waals surface area contributed by atoms with E-state index in [1.54, 1.807) is 24.0 Å². The molecule has 0 saturated carbocycles. The third-order valence-electron chi connectivity index (χ3n) is 4.00. The van der Waals surface area contributed by atoms with Gasteiger partial charge in [-0.1, -0.05) is 26.0 Å². The van der Waals surface area contributed by atoms with E-state index < -0.39 is 0 Å². The maximum Gasteiger partial charge on any atom is 0.310 e. The van der Waals surface area contributed by atoms with Crippen LogP contribution in [0.2, 0.25) is 0 Å². The molecule has 0 heterocycles. The van der Waals surface area contributed by atoms with Crippen LogP contribution in [0, 0.1) is 5.92 Å². The number of hydrogen-bond donors (Lipinski definition) is 0. The first-order valence-corrected chi connectivity index (χ1v) is 9.29. The fraction of sp³-hybridized carbons (Fsp3) is 0.524. The number of esters is 1. The third kappa shape index (κ3) is 8.73. The van der Waals surface area contributed by atoms with Gasteiger partial charge in [-0.2, -0.15) is 0 Å². The molecule has 1 aromatic carbocycles. The van der Waals surface area contributed by atoms with Crippen LogP contribution in [0.15, 0.2) is 30.3 Å². The van der Waals surface area contributed by atoms with Gasteiger partial charge in [-0.05, 0) is 44.3 Å². The van der Waals surface area contributed by atoms with Gasteiger partial charge in [0.15, 0.2) is 0 Å². The van der Waals surface area contributed by atoms with Crippen LogP contribution in [0.1, 0.15) is 25.8 Å². The number of rotatable bonds is 11. The van der Waals surface area contributed by atoms with Crippen molar-refractivity contribution in [2.45, 2.75) is 20.3 Å². The van der Waals surface area contributed by atoms with Gasteiger partial charge in [-0.25, -0.2) is 0 Å². The van der Waals surface area contributed by atoms with Gasteiger partial charge in [-0.15, -0.1) is 0 Å². The molecule has 0 N–H and O–H groups in total. The first-order chi connectivity index (χ1) is 12.9. The van der Waals surface area contributed by atoms with Crippen LogP contribution in [0.3, 0.4) is 0 Å². The smallest absolute Gasteiger partial charge is 0.310 e. The Hall–Kier alpha value is -2.34. The molecule has 0 radical (unpaired) electrons. The number of benzene rings is 1. The number of carbonyl (C=O) groups excluding carboxylic acids is 2. The lowest BCUT2D eigenvalue weighted by Gasteiger charge is -2.25. The lowest BCUT2D eigenvalue weighted by molar-refractivity contribution is -0.146. The van der Waals surface area contributed by atoms with Crippen LogP contribution in [0.25, 0.3) is 6.08 Å². The van der Waals surface area contributed by atoms with Crippen molar-refractivity contribution in [3.8, 4) is 5.75 Å². The second-order valence-electron chi connectivity index (χ2n) is 6.76. The van der Waals surface area contributed by atoms with Crippen molar-refractivity contribution in [3.05, 3.63) is 35.9 Å². The lowest BCUT2D eigenvalue weighted by Crippen LogP contribution is -2.40. The molecule has 0 aliphatic carbocycles. The third-order valence-corrected chi connectivity index (χ3v) is 4.00. The molecule has 1 atom stereocenters. The van der Waals surface area contributed by atoms with Gasteiger partial charge < -0.3 is 19.3 Å². The Balaban J connectivity index is 2.75. The summed E-state index contributed by atoms with van der Waals surface area (Å²) < 4.78 is 10.3. The molecule has 0 bridgehead atoms. The monoisotopic (exact) mass is 376 g/mol. The molecule has 1 aromatic rings. The van der Waals surface area contributed by atoms with E-state index in [2.05, 4.69) is 6.92 Å². The molecule has 1 amide bonds. The van der Waals surface area contributed by atoms with E-state index in [4.69, 9.17) is 9.47 Å². The highest BCUT2D eigenvalue weighted by Gasteiger charge is 2.20. The fourth-order valence-electron chi connectivity index (χ4n) is 2.39. The number of ether oxygens (including phenoxy) is 2. The molecule has 1 rings (SSSR count). The summed E-state index contributed by atoms with van der Waals surface area (Å²) in [5.41, 5.74) is 0.917. The number of hydrogen-bond acceptors (Lipinski definition) is 5. The van der Waals surface area contributed by atoms with Gasteiger partial charge in [-0.3, -0.25) is 9.59 Å². The molecule has 1 unspecified atom stereocenters. The number of carbonyl (C=O) groups is 2. The molecular formula is C21H32N2O4. The van der Waals surface area contributed by atoms with Crippen molar-refractivity contribution in [2.75, 3.05) is 47.4 Å². The summed E-state index contributed by atoms with van der Waals surface area (Å²) in [6.07, 6.45) is 4.28. The van der Waals surface area contributed by atoms with Crippen molar-refractivity contribution in [3.63, 3.8) is 0 Å². The Morgan fingerprint density at radius 2 is 1.81 bits per heavy atom. The first kappa shape index (κ1) is 22.7. The summed E-state index contributed by atoms with van der Waals surface area (Å²) in [7, 11) is 5.26. The SMILES string of the molecule is CCCOc1ccc(/C=C/C(=O)N(CCN(C)C)CC(C)C(=O)OC)cc1.